The van der Waals surface area contributed by atoms with Gasteiger partial charge in [0.1, 0.15) is 13.2 Å². The molecule has 0 bridgehead atoms. The van der Waals surface area contributed by atoms with Crippen LogP contribution in [0, 0.1) is 0 Å². The molecule has 0 aromatic carbocycles. The molecule has 0 N–H and O–H groups in total. The Bertz CT molecular complexity index is 1410. The predicted molar refractivity (Wildman–Crippen MR) is 344 cm³/mol. The summed E-state index contributed by atoms with van der Waals surface area (Å²) in [7, 11) is 0. The molecule has 0 saturated carbocycles. The van der Waals surface area contributed by atoms with Crippen LogP contribution in [-0.2, 0) is 28.6 Å². The van der Waals surface area contributed by atoms with Crippen LogP contribution >= 0.6 is 0 Å². The van der Waals surface area contributed by atoms with E-state index in [-0.39, 0.29) is 31.1 Å². The number of hydrogen-bond acceptors (Lipinski definition) is 6. The molecule has 0 aromatic heterocycles. The van der Waals surface area contributed by atoms with Gasteiger partial charge in [-0.1, -0.05) is 306 Å². The SMILES string of the molecule is CCCC/C=C\C/C=C\CCCCCCCC(=O)OCC(COC(=O)CCCCCCCCCCCCCCCCCCC/C=C\C/C=C\CCCCCCC)OC(=O)CCCCCCCCC/C=C\CCCCCCCCC. The highest BCUT2D eigenvalue weighted by atomic mass is 16.6. The first kappa shape index (κ1) is 76.1. The summed E-state index contributed by atoms with van der Waals surface area (Å²) in [5.41, 5.74) is 0. The molecule has 0 aliphatic heterocycles. The molecule has 0 amide bonds. The van der Waals surface area contributed by atoms with Crippen molar-refractivity contribution in [2.24, 2.45) is 0 Å². The van der Waals surface area contributed by atoms with Gasteiger partial charge in [0.25, 0.3) is 0 Å². The van der Waals surface area contributed by atoms with E-state index < -0.39 is 6.10 Å². The maximum Gasteiger partial charge on any atom is 0.306 e. The van der Waals surface area contributed by atoms with Gasteiger partial charge < -0.3 is 14.2 Å². The molecular weight excluding hydrogens is 973 g/mol. The van der Waals surface area contributed by atoms with E-state index in [2.05, 4.69) is 81.5 Å². The van der Waals surface area contributed by atoms with Crippen LogP contribution in [0.3, 0.4) is 0 Å². The van der Waals surface area contributed by atoms with Crippen molar-refractivity contribution < 1.29 is 28.6 Å². The van der Waals surface area contributed by atoms with Crippen LogP contribution in [0.15, 0.2) is 60.8 Å². The number of rotatable bonds is 64. The number of hydrogen-bond donors (Lipinski definition) is 0. The molecular formula is C73H132O6. The molecule has 6 heteroatoms. The van der Waals surface area contributed by atoms with E-state index in [0.29, 0.717) is 19.3 Å². The minimum absolute atomic E-state index is 0.0773. The second-order valence-corrected chi connectivity index (χ2v) is 23.4. The maximum atomic E-state index is 12.9. The van der Waals surface area contributed by atoms with E-state index in [9.17, 15) is 14.4 Å². The first-order valence-electron chi connectivity index (χ1n) is 34.8. The van der Waals surface area contributed by atoms with Gasteiger partial charge in [-0.3, -0.25) is 14.4 Å². The lowest BCUT2D eigenvalue weighted by Crippen LogP contribution is -2.30. The van der Waals surface area contributed by atoms with Crippen molar-refractivity contribution in [1.82, 2.24) is 0 Å². The zero-order valence-electron chi connectivity index (χ0n) is 52.9. The van der Waals surface area contributed by atoms with Gasteiger partial charge in [0.2, 0.25) is 0 Å². The lowest BCUT2D eigenvalue weighted by atomic mass is 10.0. The molecule has 1 atom stereocenters. The Morgan fingerprint density at radius 2 is 0.468 bits per heavy atom. The van der Waals surface area contributed by atoms with Crippen LogP contribution in [0.4, 0.5) is 0 Å². The highest BCUT2D eigenvalue weighted by Crippen LogP contribution is 2.17. The minimum atomic E-state index is -0.782. The first-order valence-corrected chi connectivity index (χ1v) is 34.8. The smallest absolute Gasteiger partial charge is 0.306 e. The topological polar surface area (TPSA) is 78.9 Å². The molecule has 0 saturated heterocycles. The Kier molecular flexibility index (Phi) is 65.1. The second kappa shape index (κ2) is 67.6. The number of ether oxygens (including phenoxy) is 3. The van der Waals surface area contributed by atoms with Gasteiger partial charge in [0, 0.05) is 19.3 Å². The third-order valence-corrected chi connectivity index (χ3v) is 15.5. The van der Waals surface area contributed by atoms with Crippen LogP contribution in [0.5, 0.6) is 0 Å². The Morgan fingerprint density at radius 3 is 0.747 bits per heavy atom. The van der Waals surface area contributed by atoms with Crippen LogP contribution in [-0.4, -0.2) is 37.2 Å². The normalized spacial score (nSPS) is 12.4. The van der Waals surface area contributed by atoms with Crippen molar-refractivity contribution in [1.29, 1.82) is 0 Å². The van der Waals surface area contributed by atoms with Crippen molar-refractivity contribution in [2.45, 2.75) is 374 Å². The van der Waals surface area contributed by atoms with E-state index in [0.717, 1.165) is 83.5 Å². The Labute approximate surface area is 491 Å². The number of allylic oxidation sites excluding steroid dienone is 10. The lowest BCUT2D eigenvalue weighted by molar-refractivity contribution is -0.167. The number of esters is 3. The maximum absolute atomic E-state index is 12.9. The lowest BCUT2D eigenvalue weighted by Gasteiger charge is -2.18. The molecule has 0 aliphatic carbocycles. The summed E-state index contributed by atoms with van der Waals surface area (Å²) >= 11 is 0. The van der Waals surface area contributed by atoms with E-state index in [1.165, 1.54) is 244 Å². The van der Waals surface area contributed by atoms with Crippen LogP contribution in [0.25, 0.3) is 0 Å². The van der Waals surface area contributed by atoms with Crippen molar-refractivity contribution in [3.05, 3.63) is 60.8 Å². The van der Waals surface area contributed by atoms with Gasteiger partial charge in [-0.15, -0.1) is 0 Å². The van der Waals surface area contributed by atoms with E-state index >= 15 is 0 Å². The summed E-state index contributed by atoms with van der Waals surface area (Å²) in [6.07, 6.45) is 86.8. The van der Waals surface area contributed by atoms with Gasteiger partial charge in [0.15, 0.2) is 6.10 Å². The van der Waals surface area contributed by atoms with Gasteiger partial charge in [-0.25, -0.2) is 0 Å². The molecule has 0 spiro atoms. The molecule has 0 fully saturated rings. The third kappa shape index (κ3) is 65.8. The van der Waals surface area contributed by atoms with Crippen molar-refractivity contribution in [2.75, 3.05) is 13.2 Å². The van der Waals surface area contributed by atoms with Gasteiger partial charge >= 0.3 is 17.9 Å². The van der Waals surface area contributed by atoms with Gasteiger partial charge in [0.05, 0.1) is 0 Å². The minimum Gasteiger partial charge on any atom is -0.462 e. The van der Waals surface area contributed by atoms with E-state index in [1.54, 1.807) is 0 Å². The Balaban J connectivity index is 4.23. The first-order chi connectivity index (χ1) is 39.0. The fourth-order valence-electron chi connectivity index (χ4n) is 10.2. The van der Waals surface area contributed by atoms with E-state index in [4.69, 9.17) is 14.2 Å². The third-order valence-electron chi connectivity index (χ3n) is 15.5. The fourth-order valence-corrected chi connectivity index (χ4v) is 10.2. The predicted octanol–water partition coefficient (Wildman–Crippen LogP) is 23.9. The highest BCUT2D eigenvalue weighted by Gasteiger charge is 2.19. The molecule has 79 heavy (non-hydrogen) atoms. The fraction of sp³-hybridized carbons (Fsp3) is 0.822. The molecule has 1 unspecified atom stereocenters. The monoisotopic (exact) mass is 1110 g/mol. The quantitative estimate of drug-likeness (QED) is 0.0261. The average molecular weight is 1110 g/mol. The van der Waals surface area contributed by atoms with Crippen LogP contribution in [0.1, 0.15) is 367 Å². The molecule has 0 rings (SSSR count). The standard InChI is InChI=1S/C73H132O6/c1-4-7-10-13-16-19-22-25-28-30-32-33-34-35-36-37-38-39-40-41-42-44-45-48-51-54-57-60-63-66-72(75)78-69-70(68-77-71(74)65-62-59-56-53-50-47-27-24-21-18-15-12-9-6-3)79-73(76)67-64-61-58-55-52-49-46-43-31-29-26-23-20-17-14-11-8-5-2/h15,18,22,24-25,27,29-32,70H,4-14,16-17,19-21,23,26,28,33-69H2,1-3H3/b18-15-,25-22-,27-24-,31-29-,32-30-. The summed E-state index contributed by atoms with van der Waals surface area (Å²) in [5.74, 6) is -0.875. The summed E-state index contributed by atoms with van der Waals surface area (Å²) in [5, 5.41) is 0. The van der Waals surface area contributed by atoms with Gasteiger partial charge in [-0.05, 0) is 103 Å². The second-order valence-electron chi connectivity index (χ2n) is 23.4. The van der Waals surface area contributed by atoms with Crippen molar-refractivity contribution in [3.8, 4) is 0 Å². The molecule has 0 aromatic rings. The van der Waals surface area contributed by atoms with Crippen LogP contribution in [0.2, 0.25) is 0 Å². The summed E-state index contributed by atoms with van der Waals surface area (Å²) in [6, 6.07) is 0. The molecule has 6 nitrogen and oxygen atoms in total. The summed E-state index contributed by atoms with van der Waals surface area (Å²) in [4.78, 5) is 38.4. The summed E-state index contributed by atoms with van der Waals surface area (Å²) < 4.78 is 17.0. The highest BCUT2D eigenvalue weighted by molar-refractivity contribution is 5.71. The molecule has 0 radical (unpaired) electrons. The molecule has 460 valence electrons. The summed E-state index contributed by atoms with van der Waals surface area (Å²) in [6.45, 7) is 6.62. The molecule has 0 aliphatic rings. The van der Waals surface area contributed by atoms with Gasteiger partial charge in [-0.2, -0.15) is 0 Å². The van der Waals surface area contributed by atoms with Crippen LogP contribution < -0.4 is 0 Å². The average Bonchev–Trinajstić information content (AvgIpc) is 3.45. The molecule has 0 heterocycles. The number of carbonyl (C=O) groups is 3. The largest absolute Gasteiger partial charge is 0.462 e. The van der Waals surface area contributed by atoms with E-state index in [1.807, 2.05) is 0 Å². The zero-order chi connectivity index (χ0) is 57.1. The Morgan fingerprint density at radius 1 is 0.253 bits per heavy atom. The number of unbranched alkanes of at least 4 members (excludes halogenated alkanes) is 43. The van der Waals surface area contributed by atoms with Crippen molar-refractivity contribution >= 4 is 17.9 Å². The van der Waals surface area contributed by atoms with Crippen molar-refractivity contribution in [3.63, 3.8) is 0 Å². The zero-order valence-corrected chi connectivity index (χ0v) is 52.9. The number of carbonyl (C=O) groups excluding carboxylic acids is 3. The Hall–Kier alpha value is -2.89.